The van der Waals surface area contributed by atoms with Gasteiger partial charge in [0.1, 0.15) is 0 Å². The van der Waals surface area contributed by atoms with E-state index in [1.54, 1.807) is 4.90 Å². The molecule has 0 aliphatic carbocycles. The molecule has 0 fully saturated rings. The van der Waals surface area contributed by atoms with E-state index in [0.717, 1.165) is 12.8 Å². The molecule has 0 aliphatic rings. The van der Waals surface area contributed by atoms with E-state index in [0.29, 0.717) is 25.6 Å². The minimum absolute atomic E-state index is 0.0611. The molecule has 0 spiro atoms. The van der Waals surface area contributed by atoms with Crippen molar-refractivity contribution in [2.75, 3.05) is 26.2 Å². The van der Waals surface area contributed by atoms with Crippen LogP contribution in [0.4, 0.5) is 4.79 Å². The molecule has 0 rings (SSSR count). The van der Waals surface area contributed by atoms with Gasteiger partial charge in [0.2, 0.25) is 0 Å². The average molecular weight is 288 g/mol. The molecule has 0 saturated carbocycles. The van der Waals surface area contributed by atoms with Crippen LogP contribution in [0.15, 0.2) is 0 Å². The summed E-state index contributed by atoms with van der Waals surface area (Å²) >= 11 is 0. The minimum atomic E-state index is -0.842. The summed E-state index contributed by atoms with van der Waals surface area (Å²) in [7, 11) is 0. The molecule has 0 heterocycles. The number of rotatable bonds is 10. The van der Waals surface area contributed by atoms with Crippen molar-refractivity contribution in [2.24, 2.45) is 11.8 Å². The summed E-state index contributed by atoms with van der Waals surface area (Å²) in [6, 6.07) is -0.236. The van der Waals surface area contributed by atoms with Crippen LogP contribution in [0.5, 0.6) is 0 Å². The number of carbonyl (C=O) groups excluding carboxylic acids is 1. The number of carbonyl (C=O) groups is 2. The summed E-state index contributed by atoms with van der Waals surface area (Å²) in [6.45, 7) is 7.20. The molecule has 0 radical (unpaired) electrons. The van der Waals surface area contributed by atoms with Gasteiger partial charge in [0.05, 0.1) is 6.61 Å². The molecule has 0 bridgehead atoms. The van der Waals surface area contributed by atoms with Crippen LogP contribution >= 0.6 is 0 Å². The van der Waals surface area contributed by atoms with E-state index >= 15 is 0 Å². The first-order valence-electron chi connectivity index (χ1n) is 7.26. The van der Waals surface area contributed by atoms with Crippen molar-refractivity contribution in [1.29, 1.82) is 0 Å². The number of urea groups is 1. The van der Waals surface area contributed by atoms with Crippen LogP contribution in [0.1, 0.15) is 40.0 Å². The molecule has 2 amide bonds. The monoisotopic (exact) mass is 288 g/mol. The Labute approximate surface area is 121 Å². The fourth-order valence-corrected chi connectivity index (χ4v) is 2.20. The van der Waals surface area contributed by atoms with E-state index in [2.05, 4.69) is 5.32 Å². The Morgan fingerprint density at radius 2 is 1.90 bits per heavy atom. The van der Waals surface area contributed by atoms with Gasteiger partial charge in [-0.3, -0.25) is 4.79 Å². The number of aliphatic hydroxyl groups is 1. The molecule has 1 atom stereocenters. The number of nitrogens with zero attached hydrogens (tertiary/aromatic N) is 1. The molecule has 0 aromatic rings. The van der Waals surface area contributed by atoms with Gasteiger partial charge >= 0.3 is 12.0 Å². The summed E-state index contributed by atoms with van der Waals surface area (Å²) in [5, 5.41) is 20.6. The van der Waals surface area contributed by atoms with Gasteiger partial charge in [-0.05, 0) is 24.7 Å². The van der Waals surface area contributed by atoms with E-state index in [1.165, 1.54) is 0 Å². The Kier molecular flexibility index (Phi) is 9.80. The average Bonchev–Trinajstić information content (AvgIpc) is 2.34. The third kappa shape index (κ3) is 8.74. The van der Waals surface area contributed by atoms with Crippen molar-refractivity contribution >= 4 is 12.0 Å². The van der Waals surface area contributed by atoms with Crippen molar-refractivity contribution in [3.8, 4) is 0 Å². The smallest absolute Gasteiger partial charge is 0.317 e. The molecular weight excluding hydrogens is 260 g/mol. The van der Waals surface area contributed by atoms with Gasteiger partial charge in [0.15, 0.2) is 0 Å². The largest absolute Gasteiger partial charge is 0.481 e. The number of hydrogen-bond donors (Lipinski definition) is 3. The van der Waals surface area contributed by atoms with Crippen LogP contribution in [0, 0.1) is 11.8 Å². The molecule has 0 aromatic heterocycles. The van der Waals surface area contributed by atoms with E-state index in [9.17, 15) is 9.59 Å². The van der Waals surface area contributed by atoms with Crippen molar-refractivity contribution in [2.45, 2.75) is 40.0 Å². The second-order valence-corrected chi connectivity index (χ2v) is 5.49. The number of amides is 2. The molecular formula is C14H28N2O4. The topological polar surface area (TPSA) is 89.9 Å². The lowest BCUT2D eigenvalue weighted by Crippen LogP contribution is -2.43. The maximum absolute atomic E-state index is 12.0. The van der Waals surface area contributed by atoms with Crippen molar-refractivity contribution in [3.63, 3.8) is 0 Å². The Morgan fingerprint density at radius 1 is 1.25 bits per heavy atom. The standard InChI is InChI=1S/C14H28N2O4/c1-4-5-16(6-7-17)14(20)15-10-12(8-11(2)3)9-13(18)19/h11-12,17H,4-10H2,1-3H3,(H,15,20)(H,18,19)/t12-/m0/s1. The van der Waals surface area contributed by atoms with Crippen molar-refractivity contribution < 1.29 is 19.8 Å². The molecule has 3 N–H and O–H groups in total. The zero-order valence-corrected chi connectivity index (χ0v) is 12.8. The summed E-state index contributed by atoms with van der Waals surface area (Å²) < 4.78 is 0. The lowest BCUT2D eigenvalue weighted by molar-refractivity contribution is -0.138. The van der Waals surface area contributed by atoms with E-state index in [1.807, 2.05) is 20.8 Å². The fraction of sp³-hybridized carbons (Fsp3) is 0.857. The summed E-state index contributed by atoms with van der Waals surface area (Å²) in [5.41, 5.74) is 0. The number of carboxylic acids is 1. The third-order valence-corrected chi connectivity index (χ3v) is 2.96. The predicted molar refractivity (Wildman–Crippen MR) is 77.5 cm³/mol. The van der Waals surface area contributed by atoms with Crippen LogP contribution in [0.3, 0.4) is 0 Å². The fourth-order valence-electron chi connectivity index (χ4n) is 2.20. The third-order valence-electron chi connectivity index (χ3n) is 2.96. The van der Waals surface area contributed by atoms with E-state index in [-0.39, 0.29) is 25.0 Å². The van der Waals surface area contributed by atoms with Gasteiger partial charge in [0.25, 0.3) is 0 Å². The second-order valence-electron chi connectivity index (χ2n) is 5.49. The van der Waals surface area contributed by atoms with Crippen LogP contribution in [0.25, 0.3) is 0 Å². The van der Waals surface area contributed by atoms with E-state index in [4.69, 9.17) is 10.2 Å². The van der Waals surface area contributed by atoms with Gasteiger partial charge in [0, 0.05) is 26.1 Å². The highest BCUT2D eigenvalue weighted by Gasteiger charge is 2.18. The summed E-state index contributed by atoms with van der Waals surface area (Å²) in [6.07, 6.45) is 1.64. The van der Waals surface area contributed by atoms with Crippen LogP contribution in [0.2, 0.25) is 0 Å². The van der Waals surface area contributed by atoms with Crippen LogP contribution < -0.4 is 5.32 Å². The van der Waals surface area contributed by atoms with Gasteiger partial charge in [-0.2, -0.15) is 0 Å². The Bertz CT molecular complexity index is 289. The molecule has 0 unspecified atom stereocenters. The predicted octanol–water partition coefficient (Wildman–Crippen LogP) is 1.54. The maximum Gasteiger partial charge on any atom is 0.317 e. The molecule has 0 saturated heterocycles. The molecule has 0 aromatic carbocycles. The van der Waals surface area contributed by atoms with Crippen LogP contribution in [-0.4, -0.2) is 53.4 Å². The van der Waals surface area contributed by atoms with Gasteiger partial charge < -0.3 is 20.4 Å². The highest BCUT2D eigenvalue weighted by atomic mass is 16.4. The van der Waals surface area contributed by atoms with Gasteiger partial charge in [-0.1, -0.05) is 20.8 Å². The Hall–Kier alpha value is -1.30. The normalized spacial score (nSPS) is 12.2. The molecule has 20 heavy (non-hydrogen) atoms. The zero-order valence-electron chi connectivity index (χ0n) is 12.8. The zero-order chi connectivity index (χ0) is 15.5. The number of aliphatic hydroxyl groups excluding tert-OH is 1. The first-order valence-corrected chi connectivity index (χ1v) is 7.26. The highest BCUT2D eigenvalue weighted by Crippen LogP contribution is 2.14. The minimum Gasteiger partial charge on any atom is -0.481 e. The van der Waals surface area contributed by atoms with Gasteiger partial charge in [-0.15, -0.1) is 0 Å². The number of nitrogens with one attached hydrogen (secondary N) is 1. The molecule has 6 nitrogen and oxygen atoms in total. The highest BCUT2D eigenvalue weighted by molar-refractivity contribution is 5.74. The lowest BCUT2D eigenvalue weighted by atomic mass is 9.94. The number of hydrogen-bond acceptors (Lipinski definition) is 3. The molecule has 0 aliphatic heterocycles. The SMILES string of the molecule is CCCN(CCO)C(=O)NC[C@H](CC(=O)O)CC(C)C. The number of carboxylic acid groups (broad SMARTS) is 1. The van der Waals surface area contributed by atoms with Crippen molar-refractivity contribution in [3.05, 3.63) is 0 Å². The molecule has 6 heteroatoms. The maximum atomic E-state index is 12.0. The summed E-state index contributed by atoms with van der Waals surface area (Å²) in [5.74, 6) is -0.514. The number of aliphatic carboxylic acids is 1. The lowest BCUT2D eigenvalue weighted by Gasteiger charge is -2.24. The first-order chi connectivity index (χ1) is 9.40. The van der Waals surface area contributed by atoms with E-state index < -0.39 is 5.97 Å². The molecule has 118 valence electrons. The van der Waals surface area contributed by atoms with Gasteiger partial charge in [-0.25, -0.2) is 4.79 Å². The Morgan fingerprint density at radius 3 is 2.35 bits per heavy atom. The Balaban J connectivity index is 4.35. The second kappa shape index (κ2) is 10.5. The summed E-state index contributed by atoms with van der Waals surface area (Å²) in [4.78, 5) is 24.3. The van der Waals surface area contributed by atoms with Crippen LogP contribution in [-0.2, 0) is 4.79 Å². The quantitative estimate of drug-likeness (QED) is 0.569. The first kappa shape index (κ1) is 18.7. The van der Waals surface area contributed by atoms with Crippen molar-refractivity contribution in [1.82, 2.24) is 10.2 Å².